The largest absolute Gasteiger partial charge is 0.380 e. The second-order valence-electron chi connectivity index (χ2n) is 8.78. The first-order valence-corrected chi connectivity index (χ1v) is 9.01. The average molecular weight is 358 g/mol. The molecule has 0 aromatic heterocycles. The predicted octanol–water partition coefficient (Wildman–Crippen LogP) is 2.83. The van der Waals surface area contributed by atoms with Gasteiger partial charge in [-0.3, -0.25) is 14.4 Å². The molecule has 2 rings (SSSR count). The van der Waals surface area contributed by atoms with Gasteiger partial charge in [0.15, 0.2) is 11.6 Å². The maximum Gasteiger partial charge on any atom is 0.217 e. The molecule has 0 spiro atoms. The Kier molecular flexibility index (Phi) is 5.06. The number of nitrogens with one attached hydrogen (secondary N) is 2. The first kappa shape index (κ1) is 20.1. The molecule has 0 aromatic rings. The lowest BCUT2D eigenvalue weighted by Crippen LogP contribution is -2.58. The predicted molar refractivity (Wildman–Crippen MR) is 102 cm³/mol. The molecular weight excluding hydrogens is 328 g/mol. The number of carbonyl (C=O) groups excluding carboxylic acids is 3. The number of fused-ring (bicyclic) bond motifs is 1. The van der Waals surface area contributed by atoms with E-state index in [9.17, 15) is 14.4 Å². The molecule has 1 saturated carbocycles. The van der Waals surface area contributed by atoms with Crippen LogP contribution in [0.3, 0.4) is 0 Å². The Morgan fingerprint density at radius 3 is 2.27 bits per heavy atom. The number of dihydropyridines is 1. The van der Waals surface area contributed by atoms with Crippen LogP contribution in [0.5, 0.6) is 0 Å². The Morgan fingerprint density at radius 2 is 1.77 bits per heavy atom. The average Bonchev–Trinajstić information content (AvgIpc) is 2.40. The second kappa shape index (κ2) is 6.53. The molecule has 2 aliphatic rings. The maximum atomic E-state index is 13.5. The van der Waals surface area contributed by atoms with Crippen molar-refractivity contribution in [3.8, 4) is 0 Å². The number of ketones is 2. The molecule has 0 unspecified atom stereocenters. The quantitative estimate of drug-likeness (QED) is 0.761. The molecule has 2 N–H and O–H groups in total. The van der Waals surface area contributed by atoms with Crippen LogP contribution in [0.25, 0.3) is 0 Å². The zero-order valence-corrected chi connectivity index (χ0v) is 17.0. The molecule has 26 heavy (non-hydrogen) atoms. The third-order valence-electron chi connectivity index (χ3n) is 4.90. The van der Waals surface area contributed by atoms with Gasteiger partial charge in [0, 0.05) is 29.3 Å². The summed E-state index contributed by atoms with van der Waals surface area (Å²) in [4.78, 5) is 38.6. The topological polar surface area (TPSA) is 75.3 Å². The van der Waals surface area contributed by atoms with Gasteiger partial charge in [-0.1, -0.05) is 11.6 Å². The standard InChI is InChI=1S/C21H30N2O3/c1-11(2)9-14-17(21(7,8)23-13(4)24)19(26)15-10-20(5,6)22-12(3)16(15)18(14)25/h9-10,14,17,22H,1-8H3,(H,23,24)/t14-,17-/m1/s1. The lowest BCUT2D eigenvalue weighted by atomic mass is 9.63. The van der Waals surface area contributed by atoms with E-state index in [2.05, 4.69) is 10.6 Å². The summed E-state index contributed by atoms with van der Waals surface area (Å²) in [5.74, 6) is -1.62. The van der Waals surface area contributed by atoms with Crippen LogP contribution in [-0.2, 0) is 14.4 Å². The van der Waals surface area contributed by atoms with Crippen LogP contribution in [-0.4, -0.2) is 28.6 Å². The molecule has 0 radical (unpaired) electrons. The van der Waals surface area contributed by atoms with Crippen molar-refractivity contribution in [2.75, 3.05) is 0 Å². The zero-order chi connectivity index (χ0) is 20.0. The van der Waals surface area contributed by atoms with Crippen LogP contribution in [0.2, 0.25) is 0 Å². The highest BCUT2D eigenvalue weighted by Crippen LogP contribution is 2.42. The van der Waals surface area contributed by atoms with E-state index in [0.29, 0.717) is 11.1 Å². The fraction of sp³-hybridized carbons (Fsp3) is 0.571. The first-order chi connectivity index (χ1) is 11.8. The summed E-state index contributed by atoms with van der Waals surface area (Å²) >= 11 is 0. The number of hydrogen-bond donors (Lipinski definition) is 2. The molecule has 1 aliphatic heterocycles. The highest BCUT2D eigenvalue weighted by Gasteiger charge is 2.51. The Bertz CT molecular complexity index is 762. The van der Waals surface area contributed by atoms with Gasteiger partial charge in [0.2, 0.25) is 5.91 Å². The first-order valence-electron chi connectivity index (χ1n) is 9.01. The lowest BCUT2D eigenvalue weighted by Gasteiger charge is -2.44. The van der Waals surface area contributed by atoms with Crippen molar-refractivity contribution < 1.29 is 14.4 Å². The van der Waals surface area contributed by atoms with Gasteiger partial charge in [0.25, 0.3) is 0 Å². The Morgan fingerprint density at radius 1 is 1.19 bits per heavy atom. The minimum absolute atomic E-state index is 0.0685. The van der Waals surface area contributed by atoms with Crippen LogP contribution < -0.4 is 10.6 Å². The maximum absolute atomic E-state index is 13.5. The third kappa shape index (κ3) is 3.67. The van der Waals surface area contributed by atoms with Crippen molar-refractivity contribution >= 4 is 17.5 Å². The molecule has 1 fully saturated rings. The summed E-state index contributed by atoms with van der Waals surface area (Å²) < 4.78 is 0. The van der Waals surface area contributed by atoms with Gasteiger partial charge >= 0.3 is 0 Å². The number of hydrogen-bond acceptors (Lipinski definition) is 4. The fourth-order valence-electron chi connectivity index (χ4n) is 4.22. The number of carbonyl (C=O) groups is 3. The molecule has 0 saturated heterocycles. The normalized spacial score (nSPS) is 25.2. The molecule has 142 valence electrons. The highest BCUT2D eigenvalue weighted by molar-refractivity contribution is 6.21. The summed E-state index contributed by atoms with van der Waals surface area (Å²) in [7, 11) is 0. The summed E-state index contributed by atoms with van der Waals surface area (Å²) in [6.45, 7) is 14.6. The van der Waals surface area contributed by atoms with E-state index in [0.717, 1.165) is 11.3 Å². The highest BCUT2D eigenvalue weighted by atomic mass is 16.2. The molecule has 0 aromatic carbocycles. The van der Waals surface area contributed by atoms with Crippen LogP contribution in [0.15, 0.2) is 34.6 Å². The second-order valence-corrected chi connectivity index (χ2v) is 8.78. The summed E-state index contributed by atoms with van der Waals surface area (Å²) in [5, 5.41) is 6.18. The van der Waals surface area contributed by atoms with Crippen LogP contribution >= 0.6 is 0 Å². The van der Waals surface area contributed by atoms with Crippen LogP contribution in [0.4, 0.5) is 0 Å². The summed E-state index contributed by atoms with van der Waals surface area (Å²) in [6, 6.07) is 0. The van der Waals surface area contributed by atoms with Crippen molar-refractivity contribution in [2.24, 2.45) is 11.8 Å². The van der Waals surface area contributed by atoms with E-state index in [1.807, 2.05) is 60.6 Å². The molecule has 5 heteroatoms. The van der Waals surface area contributed by atoms with Gasteiger partial charge in [0.1, 0.15) is 0 Å². The molecule has 1 amide bonds. The van der Waals surface area contributed by atoms with Gasteiger partial charge in [-0.15, -0.1) is 0 Å². The fourth-order valence-corrected chi connectivity index (χ4v) is 4.22. The molecule has 0 bridgehead atoms. The molecule has 1 heterocycles. The summed E-state index contributed by atoms with van der Waals surface area (Å²) in [6.07, 6.45) is 3.69. The monoisotopic (exact) mass is 358 g/mol. The minimum Gasteiger partial charge on any atom is -0.380 e. The third-order valence-corrected chi connectivity index (χ3v) is 4.90. The number of rotatable bonds is 3. The minimum atomic E-state index is -0.843. The molecular formula is C21H30N2O3. The van der Waals surface area contributed by atoms with Crippen molar-refractivity contribution in [1.82, 2.24) is 10.6 Å². The van der Waals surface area contributed by atoms with E-state index in [4.69, 9.17) is 0 Å². The molecule has 2 atom stereocenters. The van der Waals surface area contributed by atoms with Gasteiger partial charge < -0.3 is 10.6 Å². The van der Waals surface area contributed by atoms with Gasteiger partial charge in [-0.2, -0.15) is 0 Å². The van der Waals surface area contributed by atoms with E-state index in [1.54, 1.807) is 0 Å². The van der Waals surface area contributed by atoms with Crippen LogP contribution in [0.1, 0.15) is 55.4 Å². The van der Waals surface area contributed by atoms with E-state index in [-0.39, 0.29) is 17.5 Å². The van der Waals surface area contributed by atoms with Gasteiger partial charge in [-0.25, -0.2) is 0 Å². The van der Waals surface area contributed by atoms with Crippen molar-refractivity contribution in [1.29, 1.82) is 0 Å². The lowest BCUT2D eigenvalue weighted by molar-refractivity contribution is -0.133. The Balaban J connectivity index is 2.68. The van der Waals surface area contributed by atoms with Gasteiger partial charge in [0.05, 0.1) is 17.4 Å². The van der Waals surface area contributed by atoms with E-state index in [1.165, 1.54) is 6.92 Å². The number of allylic oxidation sites excluding steroid dienone is 5. The molecule has 1 aliphatic carbocycles. The number of Topliss-reactive ketones (excluding diaryl/α,β-unsaturated/α-hetero) is 2. The molecule has 5 nitrogen and oxygen atoms in total. The van der Waals surface area contributed by atoms with Gasteiger partial charge in [-0.05, 0) is 54.5 Å². The summed E-state index contributed by atoms with van der Waals surface area (Å²) in [5.41, 5.74) is 1.39. The van der Waals surface area contributed by atoms with Crippen molar-refractivity contribution in [2.45, 2.75) is 66.5 Å². The van der Waals surface area contributed by atoms with Crippen molar-refractivity contribution in [3.63, 3.8) is 0 Å². The smallest absolute Gasteiger partial charge is 0.217 e. The number of amides is 1. The Labute approximate surface area is 156 Å². The Hall–Kier alpha value is -2.17. The van der Waals surface area contributed by atoms with Crippen LogP contribution in [0, 0.1) is 11.8 Å². The zero-order valence-electron chi connectivity index (χ0n) is 17.0. The SMILES string of the molecule is CC(=O)NC(C)(C)[C@H]1C(=O)C2=CC(C)(C)NC(C)=C2C(=O)[C@@H]1C=C(C)C. The van der Waals surface area contributed by atoms with Crippen molar-refractivity contribution in [3.05, 3.63) is 34.6 Å². The van der Waals surface area contributed by atoms with E-state index >= 15 is 0 Å². The van der Waals surface area contributed by atoms with E-state index < -0.39 is 22.9 Å².